The Morgan fingerprint density at radius 3 is 2.47 bits per heavy atom. The van der Waals surface area contributed by atoms with E-state index in [0.29, 0.717) is 17.4 Å². The summed E-state index contributed by atoms with van der Waals surface area (Å²) < 4.78 is 36.7. The SMILES string of the molecule is COC(=O)c1cccc2c1NC(c1ccncc1)C1CC=CC21.O=C(O)C(F)(F)F. The van der Waals surface area contributed by atoms with E-state index in [2.05, 4.69) is 28.5 Å². The molecule has 3 atom stereocenters. The maximum Gasteiger partial charge on any atom is 0.490 e. The number of esters is 1. The van der Waals surface area contributed by atoms with Crippen LogP contribution in [0.3, 0.4) is 0 Å². The summed E-state index contributed by atoms with van der Waals surface area (Å²) in [6.07, 6.45) is 4.09. The molecule has 0 amide bonds. The fourth-order valence-electron chi connectivity index (χ4n) is 3.80. The van der Waals surface area contributed by atoms with E-state index in [1.807, 2.05) is 36.7 Å². The van der Waals surface area contributed by atoms with Gasteiger partial charge in [-0.05, 0) is 41.7 Å². The predicted octanol–water partition coefficient (Wildman–Crippen LogP) is 4.33. The number of rotatable bonds is 2. The molecule has 9 heteroatoms. The van der Waals surface area contributed by atoms with E-state index in [0.717, 1.165) is 12.1 Å². The monoisotopic (exact) mass is 420 g/mol. The number of hydrogen-bond donors (Lipinski definition) is 2. The second-order valence-corrected chi connectivity index (χ2v) is 6.82. The van der Waals surface area contributed by atoms with Gasteiger partial charge in [0.25, 0.3) is 0 Å². The maximum absolute atomic E-state index is 12.1. The Morgan fingerprint density at radius 2 is 1.87 bits per heavy atom. The molecule has 1 aromatic heterocycles. The van der Waals surface area contributed by atoms with Crippen molar-refractivity contribution < 1.29 is 32.6 Å². The molecule has 30 heavy (non-hydrogen) atoms. The topological polar surface area (TPSA) is 88.5 Å². The molecule has 2 heterocycles. The minimum absolute atomic E-state index is 0.163. The van der Waals surface area contributed by atoms with Crippen molar-refractivity contribution in [3.63, 3.8) is 0 Å². The number of nitrogens with zero attached hydrogens (tertiary/aromatic N) is 1. The van der Waals surface area contributed by atoms with Gasteiger partial charge in [-0.25, -0.2) is 9.59 Å². The second-order valence-electron chi connectivity index (χ2n) is 6.82. The van der Waals surface area contributed by atoms with E-state index in [4.69, 9.17) is 14.6 Å². The number of para-hydroxylation sites is 1. The molecule has 1 aliphatic heterocycles. The van der Waals surface area contributed by atoms with Crippen LogP contribution in [0.2, 0.25) is 0 Å². The third-order valence-corrected chi connectivity index (χ3v) is 5.11. The van der Waals surface area contributed by atoms with Crippen molar-refractivity contribution in [2.45, 2.75) is 24.6 Å². The average molecular weight is 420 g/mol. The lowest BCUT2D eigenvalue weighted by molar-refractivity contribution is -0.192. The highest BCUT2D eigenvalue weighted by Gasteiger charge is 2.39. The van der Waals surface area contributed by atoms with Gasteiger partial charge < -0.3 is 15.2 Å². The number of aliphatic carboxylic acids is 1. The fraction of sp³-hybridized carbons (Fsp3) is 0.286. The first kappa shape index (κ1) is 21.4. The molecule has 4 rings (SSSR count). The molecule has 1 aromatic carbocycles. The average Bonchev–Trinajstić information content (AvgIpc) is 3.23. The molecule has 6 nitrogen and oxygen atoms in total. The van der Waals surface area contributed by atoms with Gasteiger partial charge in [-0.3, -0.25) is 4.98 Å². The van der Waals surface area contributed by atoms with Gasteiger partial charge >= 0.3 is 18.1 Å². The van der Waals surface area contributed by atoms with Gasteiger partial charge in [0.1, 0.15) is 0 Å². The van der Waals surface area contributed by atoms with E-state index in [-0.39, 0.29) is 12.0 Å². The van der Waals surface area contributed by atoms with Crippen molar-refractivity contribution in [3.05, 3.63) is 71.6 Å². The first-order valence-corrected chi connectivity index (χ1v) is 9.08. The lowest BCUT2D eigenvalue weighted by atomic mass is 9.76. The number of hydrogen-bond acceptors (Lipinski definition) is 5. The third-order valence-electron chi connectivity index (χ3n) is 5.11. The van der Waals surface area contributed by atoms with Crippen LogP contribution in [0.5, 0.6) is 0 Å². The summed E-state index contributed by atoms with van der Waals surface area (Å²) >= 11 is 0. The van der Waals surface area contributed by atoms with Gasteiger partial charge in [-0.15, -0.1) is 0 Å². The van der Waals surface area contributed by atoms with Crippen LogP contribution in [-0.4, -0.2) is 35.3 Å². The zero-order valence-electron chi connectivity index (χ0n) is 15.9. The number of fused-ring (bicyclic) bond motifs is 3. The highest BCUT2D eigenvalue weighted by atomic mass is 19.4. The number of aromatic nitrogens is 1. The lowest BCUT2D eigenvalue weighted by Gasteiger charge is -2.38. The van der Waals surface area contributed by atoms with Gasteiger partial charge in [-0.1, -0.05) is 24.3 Å². The molecule has 2 N–H and O–H groups in total. The Kier molecular flexibility index (Phi) is 6.09. The van der Waals surface area contributed by atoms with E-state index in [1.54, 1.807) is 0 Å². The zero-order valence-corrected chi connectivity index (χ0v) is 15.9. The Balaban J connectivity index is 0.000000318. The molecule has 158 valence electrons. The molecule has 0 spiro atoms. The largest absolute Gasteiger partial charge is 0.490 e. The van der Waals surface area contributed by atoms with Gasteiger partial charge in [-0.2, -0.15) is 13.2 Å². The number of halogens is 3. The molecule has 0 saturated heterocycles. The molecule has 1 aliphatic carbocycles. The molecule has 2 aromatic rings. The molecule has 0 bridgehead atoms. The van der Waals surface area contributed by atoms with Crippen LogP contribution < -0.4 is 5.32 Å². The molecular weight excluding hydrogens is 401 g/mol. The number of alkyl halides is 3. The van der Waals surface area contributed by atoms with E-state index < -0.39 is 12.1 Å². The Bertz CT molecular complexity index is 960. The van der Waals surface area contributed by atoms with Crippen LogP contribution in [-0.2, 0) is 9.53 Å². The molecular formula is C21H19F3N2O4. The van der Waals surface area contributed by atoms with Crippen LogP contribution in [0.15, 0.2) is 54.9 Å². The van der Waals surface area contributed by atoms with Crippen molar-refractivity contribution in [2.75, 3.05) is 12.4 Å². The number of carboxylic acid groups (broad SMARTS) is 1. The van der Waals surface area contributed by atoms with Crippen molar-refractivity contribution in [2.24, 2.45) is 5.92 Å². The fourth-order valence-corrected chi connectivity index (χ4v) is 3.80. The number of carbonyl (C=O) groups is 2. The second kappa shape index (κ2) is 8.56. The number of methoxy groups -OCH3 is 1. The summed E-state index contributed by atoms with van der Waals surface area (Å²) in [6, 6.07) is 10.1. The third kappa shape index (κ3) is 4.29. The number of carbonyl (C=O) groups excluding carboxylic acids is 1. The standard InChI is InChI=1S/C19H18N2O2.C2HF3O2/c1-23-19(22)16-7-3-6-15-13-4-2-5-14(13)17(21-18(15)16)12-8-10-20-11-9-12;3-2(4,5)1(6)7/h2-4,6-11,13-14,17,21H,5H2,1H3;(H,6,7). The van der Waals surface area contributed by atoms with Gasteiger partial charge in [0.05, 0.1) is 24.4 Å². The minimum Gasteiger partial charge on any atom is -0.475 e. The summed E-state index contributed by atoms with van der Waals surface area (Å²) in [5.41, 5.74) is 3.87. The number of carboxylic acids is 1. The summed E-state index contributed by atoms with van der Waals surface area (Å²) in [5, 5.41) is 10.7. The van der Waals surface area contributed by atoms with Crippen molar-refractivity contribution >= 4 is 17.6 Å². The van der Waals surface area contributed by atoms with Crippen LogP contribution in [0, 0.1) is 5.92 Å². The first-order chi connectivity index (χ1) is 14.2. The van der Waals surface area contributed by atoms with Crippen LogP contribution >= 0.6 is 0 Å². The number of nitrogens with one attached hydrogen (secondary N) is 1. The van der Waals surface area contributed by atoms with E-state index in [9.17, 15) is 18.0 Å². The lowest BCUT2D eigenvalue weighted by Crippen LogP contribution is -2.30. The molecule has 3 unspecified atom stereocenters. The molecule has 2 aliphatic rings. The highest BCUT2D eigenvalue weighted by molar-refractivity contribution is 5.97. The Labute approximate surface area is 170 Å². The number of ether oxygens (including phenoxy) is 1. The smallest absolute Gasteiger partial charge is 0.475 e. The molecule has 0 saturated carbocycles. The van der Waals surface area contributed by atoms with Crippen LogP contribution in [0.25, 0.3) is 0 Å². The summed E-state index contributed by atoms with van der Waals surface area (Å²) in [6.45, 7) is 0. The Hall–Kier alpha value is -3.36. The normalized spacial score (nSPS) is 21.4. The number of allylic oxidation sites excluding steroid dienone is 2. The summed E-state index contributed by atoms with van der Waals surface area (Å²) in [5.74, 6) is -2.28. The van der Waals surface area contributed by atoms with Crippen molar-refractivity contribution in [1.29, 1.82) is 0 Å². The van der Waals surface area contributed by atoms with Crippen molar-refractivity contribution in [1.82, 2.24) is 4.98 Å². The summed E-state index contributed by atoms with van der Waals surface area (Å²) in [4.78, 5) is 25.1. The zero-order chi connectivity index (χ0) is 21.9. The van der Waals surface area contributed by atoms with E-state index in [1.165, 1.54) is 18.2 Å². The molecule has 0 fully saturated rings. The number of benzene rings is 1. The van der Waals surface area contributed by atoms with Gasteiger partial charge in [0, 0.05) is 18.3 Å². The number of anilines is 1. The van der Waals surface area contributed by atoms with E-state index >= 15 is 0 Å². The first-order valence-electron chi connectivity index (χ1n) is 9.08. The Morgan fingerprint density at radius 1 is 1.20 bits per heavy atom. The number of pyridine rings is 1. The summed E-state index contributed by atoms with van der Waals surface area (Å²) in [7, 11) is 1.42. The van der Waals surface area contributed by atoms with Crippen molar-refractivity contribution in [3.8, 4) is 0 Å². The molecule has 0 radical (unpaired) electrons. The minimum atomic E-state index is -5.08. The maximum atomic E-state index is 12.1. The quantitative estimate of drug-likeness (QED) is 0.556. The predicted molar refractivity (Wildman–Crippen MR) is 102 cm³/mol. The van der Waals surface area contributed by atoms with Crippen LogP contribution in [0.4, 0.5) is 18.9 Å². The van der Waals surface area contributed by atoms with Crippen LogP contribution in [0.1, 0.15) is 39.9 Å². The van der Waals surface area contributed by atoms with Gasteiger partial charge in [0.15, 0.2) is 0 Å². The van der Waals surface area contributed by atoms with Gasteiger partial charge in [0.2, 0.25) is 0 Å². The highest BCUT2D eigenvalue weighted by Crippen LogP contribution is 2.50.